The SMILES string of the molecule is CCc1ccc(OCC(=O)Nc2ccn(CC(=O)O)n2)cc1. The molecule has 0 saturated heterocycles. The van der Waals surface area contributed by atoms with Crippen molar-refractivity contribution in [1.29, 1.82) is 0 Å². The number of carboxylic acid groups (broad SMARTS) is 1. The molecule has 2 N–H and O–H groups in total. The molecule has 0 fully saturated rings. The maximum Gasteiger partial charge on any atom is 0.325 e. The summed E-state index contributed by atoms with van der Waals surface area (Å²) in [5, 5.41) is 15.1. The van der Waals surface area contributed by atoms with Crippen LogP contribution in [0.3, 0.4) is 0 Å². The molecule has 0 aliphatic rings. The Balaban J connectivity index is 1.82. The molecule has 0 bridgehead atoms. The van der Waals surface area contributed by atoms with Crippen LogP contribution < -0.4 is 10.1 Å². The van der Waals surface area contributed by atoms with Gasteiger partial charge in [-0.25, -0.2) is 0 Å². The number of carbonyl (C=O) groups excluding carboxylic acids is 1. The minimum atomic E-state index is -1.00. The van der Waals surface area contributed by atoms with Gasteiger partial charge in [-0.1, -0.05) is 19.1 Å². The third-order valence-corrected chi connectivity index (χ3v) is 2.91. The molecule has 0 radical (unpaired) electrons. The van der Waals surface area contributed by atoms with E-state index in [0.29, 0.717) is 5.75 Å². The van der Waals surface area contributed by atoms with E-state index < -0.39 is 5.97 Å². The number of rotatable bonds is 7. The second-order valence-electron chi connectivity index (χ2n) is 4.63. The van der Waals surface area contributed by atoms with Crippen molar-refractivity contribution < 1.29 is 19.4 Å². The average Bonchev–Trinajstić information content (AvgIpc) is 2.92. The molecule has 1 aromatic carbocycles. The Bertz CT molecular complexity index is 649. The van der Waals surface area contributed by atoms with Crippen LogP contribution in [0.25, 0.3) is 0 Å². The number of amides is 1. The Hall–Kier alpha value is -2.83. The number of benzene rings is 1. The zero-order valence-electron chi connectivity index (χ0n) is 12.2. The van der Waals surface area contributed by atoms with Crippen LogP contribution in [0.15, 0.2) is 36.5 Å². The maximum atomic E-state index is 11.7. The van der Waals surface area contributed by atoms with Gasteiger partial charge in [-0.15, -0.1) is 0 Å². The van der Waals surface area contributed by atoms with Gasteiger partial charge in [0.15, 0.2) is 12.4 Å². The second kappa shape index (κ2) is 7.26. The highest BCUT2D eigenvalue weighted by Gasteiger charge is 2.07. The summed E-state index contributed by atoms with van der Waals surface area (Å²) in [6.45, 7) is 1.67. The Morgan fingerprint density at radius 3 is 2.64 bits per heavy atom. The average molecular weight is 303 g/mol. The summed E-state index contributed by atoms with van der Waals surface area (Å²) < 4.78 is 6.59. The van der Waals surface area contributed by atoms with Crippen LogP contribution in [0.1, 0.15) is 12.5 Å². The largest absolute Gasteiger partial charge is 0.484 e. The number of aromatic nitrogens is 2. The van der Waals surface area contributed by atoms with Crippen LogP contribution in [-0.2, 0) is 22.6 Å². The molecule has 1 amide bonds. The fraction of sp³-hybridized carbons (Fsp3) is 0.267. The summed E-state index contributed by atoms with van der Waals surface area (Å²) in [5.74, 6) is -0.458. The normalized spacial score (nSPS) is 10.2. The van der Waals surface area contributed by atoms with E-state index in [2.05, 4.69) is 17.3 Å². The van der Waals surface area contributed by atoms with Gasteiger partial charge in [0.05, 0.1) is 0 Å². The van der Waals surface area contributed by atoms with Gasteiger partial charge >= 0.3 is 5.97 Å². The fourth-order valence-corrected chi connectivity index (χ4v) is 1.80. The smallest absolute Gasteiger partial charge is 0.325 e. The molecule has 0 spiro atoms. The van der Waals surface area contributed by atoms with Crippen LogP contribution in [0.4, 0.5) is 5.82 Å². The van der Waals surface area contributed by atoms with Gasteiger partial charge in [0.1, 0.15) is 12.3 Å². The molecule has 0 unspecified atom stereocenters. The number of ether oxygens (including phenoxy) is 1. The molecule has 22 heavy (non-hydrogen) atoms. The van der Waals surface area contributed by atoms with Crippen molar-refractivity contribution in [3.63, 3.8) is 0 Å². The Morgan fingerprint density at radius 1 is 1.27 bits per heavy atom. The lowest BCUT2D eigenvalue weighted by molar-refractivity contribution is -0.137. The van der Waals surface area contributed by atoms with Crippen molar-refractivity contribution in [2.24, 2.45) is 0 Å². The Morgan fingerprint density at radius 2 is 2.00 bits per heavy atom. The molecular weight excluding hydrogens is 286 g/mol. The summed E-state index contributed by atoms with van der Waals surface area (Å²) in [7, 11) is 0. The highest BCUT2D eigenvalue weighted by atomic mass is 16.5. The number of anilines is 1. The lowest BCUT2D eigenvalue weighted by Crippen LogP contribution is -2.20. The monoisotopic (exact) mass is 303 g/mol. The predicted octanol–water partition coefficient (Wildman–Crippen LogP) is 1.55. The third-order valence-electron chi connectivity index (χ3n) is 2.91. The molecule has 2 rings (SSSR count). The van der Waals surface area contributed by atoms with Crippen LogP contribution in [0.5, 0.6) is 5.75 Å². The Kier molecular flexibility index (Phi) is 5.13. The number of aliphatic carboxylic acids is 1. The van der Waals surface area contributed by atoms with Crippen LogP contribution in [0, 0.1) is 0 Å². The number of nitrogens with zero attached hydrogens (tertiary/aromatic N) is 2. The molecule has 0 aliphatic heterocycles. The molecule has 1 aromatic heterocycles. The van der Waals surface area contributed by atoms with Gasteiger partial charge in [0.25, 0.3) is 5.91 Å². The number of carboxylic acids is 1. The first kappa shape index (κ1) is 15.6. The van der Waals surface area contributed by atoms with Gasteiger partial charge in [0, 0.05) is 12.3 Å². The van der Waals surface area contributed by atoms with Crippen molar-refractivity contribution >= 4 is 17.7 Å². The van der Waals surface area contributed by atoms with E-state index in [0.717, 1.165) is 6.42 Å². The lowest BCUT2D eigenvalue weighted by atomic mass is 10.2. The summed E-state index contributed by atoms with van der Waals surface area (Å²) in [6, 6.07) is 9.04. The van der Waals surface area contributed by atoms with Gasteiger partial charge in [-0.2, -0.15) is 5.10 Å². The topological polar surface area (TPSA) is 93.5 Å². The molecule has 0 atom stereocenters. The first-order valence-corrected chi connectivity index (χ1v) is 6.83. The Labute approximate surface area is 127 Å². The summed E-state index contributed by atoms with van der Waals surface area (Å²) in [5.41, 5.74) is 1.20. The third kappa shape index (κ3) is 4.62. The standard InChI is InChI=1S/C15H17N3O4/c1-2-11-3-5-12(6-4-11)22-10-14(19)16-13-7-8-18(17-13)9-15(20)21/h3-8H,2,9-10H2,1H3,(H,20,21)(H,16,17,19). The summed E-state index contributed by atoms with van der Waals surface area (Å²) >= 11 is 0. The second-order valence-corrected chi connectivity index (χ2v) is 4.63. The van der Waals surface area contributed by atoms with E-state index in [1.165, 1.54) is 22.5 Å². The minimum Gasteiger partial charge on any atom is -0.484 e. The maximum absolute atomic E-state index is 11.7. The molecule has 0 aliphatic carbocycles. The predicted molar refractivity (Wildman–Crippen MR) is 79.8 cm³/mol. The van der Waals surface area contributed by atoms with Crippen molar-refractivity contribution in [3.8, 4) is 5.75 Å². The number of nitrogens with one attached hydrogen (secondary N) is 1. The molecule has 7 heteroatoms. The quantitative estimate of drug-likeness (QED) is 0.809. The van der Waals surface area contributed by atoms with Crippen LogP contribution in [0.2, 0.25) is 0 Å². The van der Waals surface area contributed by atoms with Crippen LogP contribution in [-0.4, -0.2) is 33.4 Å². The summed E-state index contributed by atoms with van der Waals surface area (Å²) in [4.78, 5) is 22.3. The fourth-order valence-electron chi connectivity index (χ4n) is 1.80. The van der Waals surface area contributed by atoms with Crippen molar-refractivity contribution in [2.75, 3.05) is 11.9 Å². The van der Waals surface area contributed by atoms with Crippen molar-refractivity contribution in [3.05, 3.63) is 42.1 Å². The minimum absolute atomic E-state index is 0.142. The molecule has 1 heterocycles. The molecule has 116 valence electrons. The van der Waals surface area contributed by atoms with E-state index >= 15 is 0 Å². The first-order chi connectivity index (χ1) is 10.6. The number of hydrogen-bond donors (Lipinski definition) is 2. The number of hydrogen-bond acceptors (Lipinski definition) is 4. The van der Waals surface area contributed by atoms with Crippen molar-refractivity contribution in [2.45, 2.75) is 19.9 Å². The van der Waals surface area contributed by atoms with Gasteiger partial charge in [-0.05, 0) is 24.1 Å². The van der Waals surface area contributed by atoms with Gasteiger partial charge < -0.3 is 15.2 Å². The molecular formula is C15H17N3O4. The highest BCUT2D eigenvalue weighted by Crippen LogP contribution is 2.12. The lowest BCUT2D eigenvalue weighted by Gasteiger charge is -2.06. The first-order valence-electron chi connectivity index (χ1n) is 6.83. The molecule has 0 saturated carbocycles. The van der Waals surface area contributed by atoms with E-state index in [1.807, 2.05) is 24.3 Å². The van der Waals surface area contributed by atoms with E-state index in [-0.39, 0.29) is 24.9 Å². The van der Waals surface area contributed by atoms with Crippen LogP contribution >= 0.6 is 0 Å². The van der Waals surface area contributed by atoms with E-state index in [4.69, 9.17) is 9.84 Å². The zero-order valence-corrected chi connectivity index (χ0v) is 12.2. The summed E-state index contributed by atoms with van der Waals surface area (Å²) in [6.07, 6.45) is 2.42. The molecule has 7 nitrogen and oxygen atoms in total. The van der Waals surface area contributed by atoms with E-state index in [1.54, 1.807) is 0 Å². The number of carbonyl (C=O) groups is 2. The highest BCUT2D eigenvalue weighted by molar-refractivity contribution is 5.90. The molecule has 2 aromatic rings. The van der Waals surface area contributed by atoms with Gasteiger partial charge in [0.2, 0.25) is 0 Å². The van der Waals surface area contributed by atoms with Crippen molar-refractivity contribution in [1.82, 2.24) is 9.78 Å². The zero-order chi connectivity index (χ0) is 15.9. The van der Waals surface area contributed by atoms with E-state index in [9.17, 15) is 9.59 Å². The number of aryl methyl sites for hydroxylation is 1. The van der Waals surface area contributed by atoms with Gasteiger partial charge in [-0.3, -0.25) is 14.3 Å².